The molecule has 0 aliphatic carbocycles. The highest BCUT2D eigenvalue weighted by atomic mass is 16.6. The summed E-state index contributed by atoms with van der Waals surface area (Å²) < 4.78 is 4.38. The average Bonchev–Trinajstić information content (AvgIpc) is 2.23. The summed E-state index contributed by atoms with van der Waals surface area (Å²) in [4.78, 5) is 10.7. The summed E-state index contributed by atoms with van der Waals surface area (Å²) in [7, 11) is 0. The Hall–Kier alpha value is -0.690. The lowest BCUT2D eigenvalue weighted by Crippen LogP contribution is -2.56. The minimum atomic E-state index is -1.73. The SMILES string of the molecule is CC.O=C1OC(CO)C(O)[C@H](O)[C@H]1O. The first-order chi connectivity index (χ1) is 6.57. The predicted octanol–water partition coefficient (Wildman–Crippen LogP) is -1.99. The molecule has 6 nitrogen and oxygen atoms in total. The van der Waals surface area contributed by atoms with Crippen LogP contribution < -0.4 is 0 Å². The summed E-state index contributed by atoms with van der Waals surface area (Å²) >= 11 is 0. The summed E-state index contributed by atoms with van der Waals surface area (Å²) in [6.07, 6.45) is -5.93. The van der Waals surface area contributed by atoms with Gasteiger partial charge in [-0.15, -0.1) is 0 Å². The van der Waals surface area contributed by atoms with Crippen molar-refractivity contribution in [3.8, 4) is 0 Å². The average molecular weight is 208 g/mol. The fourth-order valence-electron chi connectivity index (χ4n) is 0.980. The maximum atomic E-state index is 10.7. The van der Waals surface area contributed by atoms with Crippen molar-refractivity contribution >= 4 is 5.97 Å². The van der Waals surface area contributed by atoms with Crippen molar-refractivity contribution in [2.24, 2.45) is 0 Å². The molecule has 84 valence electrons. The normalized spacial score (nSPS) is 36.9. The third-order valence-electron chi connectivity index (χ3n) is 1.74. The van der Waals surface area contributed by atoms with Gasteiger partial charge in [-0.2, -0.15) is 0 Å². The van der Waals surface area contributed by atoms with Crippen LogP contribution in [0.5, 0.6) is 0 Å². The third-order valence-corrected chi connectivity index (χ3v) is 1.74. The van der Waals surface area contributed by atoms with E-state index in [0.717, 1.165) is 0 Å². The molecule has 1 aliphatic heterocycles. The number of esters is 1. The molecule has 1 saturated heterocycles. The number of carbonyl (C=O) groups is 1. The molecule has 1 heterocycles. The highest BCUT2D eigenvalue weighted by Gasteiger charge is 2.43. The van der Waals surface area contributed by atoms with E-state index in [0.29, 0.717) is 0 Å². The quantitative estimate of drug-likeness (QED) is 0.372. The Balaban J connectivity index is 0.000000791. The lowest BCUT2D eigenvalue weighted by atomic mass is 10.0. The molecular weight excluding hydrogens is 192 g/mol. The van der Waals surface area contributed by atoms with Crippen molar-refractivity contribution in [3.05, 3.63) is 0 Å². The Kier molecular flexibility index (Phi) is 5.63. The molecule has 14 heavy (non-hydrogen) atoms. The van der Waals surface area contributed by atoms with Crippen LogP contribution in [0.25, 0.3) is 0 Å². The lowest BCUT2D eigenvalue weighted by molar-refractivity contribution is -0.206. The molecule has 0 aromatic rings. The zero-order valence-corrected chi connectivity index (χ0v) is 8.12. The second-order valence-electron chi connectivity index (χ2n) is 2.58. The summed E-state index contributed by atoms with van der Waals surface area (Å²) in [6, 6.07) is 0. The van der Waals surface area contributed by atoms with Crippen LogP contribution in [0.3, 0.4) is 0 Å². The van der Waals surface area contributed by atoms with Gasteiger partial charge in [-0.25, -0.2) is 4.79 Å². The van der Waals surface area contributed by atoms with Gasteiger partial charge in [0.2, 0.25) is 0 Å². The molecule has 2 unspecified atom stereocenters. The molecule has 0 aromatic heterocycles. The van der Waals surface area contributed by atoms with Crippen molar-refractivity contribution in [2.75, 3.05) is 6.61 Å². The Labute approximate surface area is 81.7 Å². The van der Waals surface area contributed by atoms with E-state index in [-0.39, 0.29) is 0 Å². The molecule has 4 atom stereocenters. The van der Waals surface area contributed by atoms with E-state index in [1.807, 2.05) is 13.8 Å². The second-order valence-corrected chi connectivity index (χ2v) is 2.58. The first kappa shape index (κ1) is 13.3. The van der Waals surface area contributed by atoms with Crippen LogP contribution in [0.2, 0.25) is 0 Å². The predicted molar refractivity (Wildman–Crippen MR) is 46.3 cm³/mol. The van der Waals surface area contributed by atoms with Gasteiger partial charge in [-0.1, -0.05) is 13.8 Å². The Morgan fingerprint density at radius 1 is 1.21 bits per heavy atom. The van der Waals surface area contributed by atoms with Crippen LogP contribution >= 0.6 is 0 Å². The summed E-state index contributed by atoms with van der Waals surface area (Å²) in [6.45, 7) is 3.41. The number of hydrogen-bond donors (Lipinski definition) is 4. The first-order valence-corrected chi connectivity index (χ1v) is 4.43. The summed E-state index contributed by atoms with van der Waals surface area (Å²) in [5, 5.41) is 35.5. The maximum absolute atomic E-state index is 10.7. The van der Waals surface area contributed by atoms with E-state index in [9.17, 15) is 4.79 Å². The van der Waals surface area contributed by atoms with Gasteiger partial charge in [0.1, 0.15) is 12.2 Å². The zero-order chi connectivity index (χ0) is 11.3. The van der Waals surface area contributed by atoms with Crippen LogP contribution in [-0.2, 0) is 9.53 Å². The summed E-state index contributed by atoms with van der Waals surface area (Å²) in [5.74, 6) is -1.04. The smallest absolute Gasteiger partial charge is 0.338 e. The molecule has 0 aromatic carbocycles. The highest BCUT2D eigenvalue weighted by molar-refractivity contribution is 5.76. The van der Waals surface area contributed by atoms with Gasteiger partial charge in [0, 0.05) is 0 Å². The molecule has 0 amide bonds. The van der Waals surface area contributed by atoms with E-state index >= 15 is 0 Å². The van der Waals surface area contributed by atoms with Crippen molar-refractivity contribution in [1.29, 1.82) is 0 Å². The molecule has 1 aliphatic rings. The Bertz CT molecular complexity index is 181. The number of carbonyl (C=O) groups excluding carboxylic acids is 1. The number of ether oxygens (including phenoxy) is 1. The Morgan fingerprint density at radius 3 is 2.14 bits per heavy atom. The monoisotopic (exact) mass is 208 g/mol. The Morgan fingerprint density at radius 2 is 1.71 bits per heavy atom. The molecule has 4 N–H and O–H groups in total. The molecule has 1 fully saturated rings. The van der Waals surface area contributed by atoms with Gasteiger partial charge in [0.05, 0.1) is 6.61 Å². The number of hydrogen-bond acceptors (Lipinski definition) is 6. The standard InChI is InChI=1S/C6H10O6.C2H6/c7-1-2-3(8)4(9)5(10)6(11)12-2;1-2/h2-5,7-10H,1H2;1-2H3/t2?,3?,4-,5+;/m0./s1. The van der Waals surface area contributed by atoms with E-state index in [1.165, 1.54) is 0 Å². The van der Waals surface area contributed by atoms with E-state index < -0.39 is 37.0 Å². The van der Waals surface area contributed by atoms with Gasteiger partial charge >= 0.3 is 5.97 Å². The summed E-state index contributed by atoms with van der Waals surface area (Å²) in [5.41, 5.74) is 0. The third kappa shape index (κ3) is 2.65. The van der Waals surface area contributed by atoms with Crippen molar-refractivity contribution in [1.82, 2.24) is 0 Å². The molecular formula is C8H16O6. The molecule has 0 bridgehead atoms. The first-order valence-electron chi connectivity index (χ1n) is 4.43. The minimum absolute atomic E-state index is 0.587. The van der Waals surface area contributed by atoms with Crippen molar-refractivity contribution in [2.45, 2.75) is 38.3 Å². The largest absolute Gasteiger partial charge is 0.455 e. The van der Waals surface area contributed by atoms with Crippen molar-refractivity contribution in [3.63, 3.8) is 0 Å². The number of cyclic esters (lactones) is 1. The zero-order valence-electron chi connectivity index (χ0n) is 8.12. The van der Waals surface area contributed by atoms with E-state index in [1.54, 1.807) is 0 Å². The number of aliphatic hydroxyl groups is 4. The van der Waals surface area contributed by atoms with Gasteiger partial charge in [0.15, 0.2) is 12.2 Å². The molecule has 1 rings (SSSR count). The van der Waals surface area contributed by atoms with Gasteiger partial charge in [0.25, 0.3) is 0 Å². The highest BCUT2D eigenvalue weighted by Crippen LogP contribution is 2.15. The van der Waals surface area contributed by atoms with Crippen LogP contribution in [0.4, 0.5) is 0 Å². The number of rotatable bonds is 1. The van der Waals surface area contributed by atoms with Crippen LogP contribution in [0.15, 0.2) is 0 Å². The molecule has 0 saturated carbocycles. The fraction of sp³-hybridized carbons (Fsp3) is 0.875. The molecule has 0 spiro atoms. The van der Waals surface area contributed by atoms with Crippen molar-refractivity contribution < 1.29 is 30.0 Å². The van der Waals surface area contributed by atoms with Gasteiger partial charge in [-0.3, -0.25) is 0 Å². The van der Waals surface area contributed by atoms with Crippen LogP contribution in [-0.4, -0.2) is 57.4 Å². The number of aliphatic hydroxyl groups excluding tert-OH is 4. The van der Waals surface area contributed by atoms with Gasteiger partial charge in [-0.05, 0) is 0 Å². The van der Waals surface area contributed by atoms with E-state index in [4.69, 9.17) is 20.4 Å². The second kappa shape index (κ2) is 5.92. The van der Waals surface area contributed by atoms with Crippen LogP contribution in [0, 0.1) is 0 Å². The maximum Gasteiger partial charge on any atom is 0.338 e. The lowest BCUT2D eigenvalue weighted by Gasteiger charge is -2.32. The topological polar surface area (TPSA) is 107 Å². The van der Waals surface area contributed by atoms with Crippen LogP contribution in [0.1, 0.15) is 13.8 Å². The van der Waals surface area contributed by atoms with Gasteiger partial charge < -0.3 is 25.2 Å². The van der Waals surface area contributed by atoms with E-state index in [2.05, 4.69) is 4.74 Å². The molecule has 6 heteroatoms. The fourth-order valence-corrected chi connectivity index (χ4v) is 0.980. The molecule has 0 radical (unpaired) electrons. The minimum Gasteiger partial charge on any atom is -0.455 e.